The lowest BCUT2D eigenvalue weighted by molar-refractivity contribution is -0.297. The third-order valence-corrected chi connectivity index (χ3v) is 0. The largest absolute Gasteiger partial charge is 0.598 e. The van der Waals surface area contributed by atoms with Crippen molar-refractivity contribution in [1.29, 1.82) is 0 Å². The van der Waals surface area contributed by atoms with Crippen LogP contribution in [0.1, 0.15) is 0 Å². The first-order chi connectivity index (χ1) is 3.46. The van der Waals surface area contributed by atoms with Crippen LogP contribution in [-0.4, -0.2) is 0 Å². The minimum absolute atomic E-state index is 3.37. The lowest BCUT2D eigenvalue weighted by atomic mass is 15.8. The van der Waals surface area contributed by atoms with E-state index in [-0.39, 0.29) is 0 Å². The maximum atomic E-state index is 9.95. The molecule has 0 N–H and O–H groups in total. The van der Waals surface area contributed by atoms with E-state index in [1.165, 1.54) is 0 Å². The fourth-order valence-corrected chi connectivity index (χ4v) is 0. The Morgan fingerprint density at radius 1 is 1.12 bits per heavy atom. The fraction of sp³-hybridized carbons (Fsp3) is 0. The van der Waals surface area contributed by atoms with Gasteiger partial charge in [0, 0.05) is 0 Å². The predicted molar refractivity (Wildman–Crippen MR) is 16.3 cm³/mol. The van der Waals surface area contributed by atoms with E-state index in [1.807, 2.05) is 0 Å². The summed E-state index contributed by atoms with van der Waals surface area (Å²) in [5, 5.41) is 0. The Labute approximate surface area is 45.7 Å². The van der Waals surface area contributed by atoms with Gasteiger partial charge in [0.1, 0.15) is 0 Å². The molecule has 8 heavy (non-hydrogen) atoms. The van der Waals surface area contributed by atoms with Gasteiger partial charge in [-0.3, -0.25) is 0 Å². The van der Waals surface area contributed by atoms with Gasteiger partial charge in [-0.25, -0.2) is 0 Å². The van der Waals surface area contributed by atoms with E-state index in [0.717, 1.165) is 0 Å². The van der Waals surface area contributed by atoms with Crippen LogP contribution >= 0.6 is 16.6 Å². The highest BCUT2D eigenvalue weighted by atomic mass is 31.2. The summed E-state index contributed by atoms with van der Waals surface area (Å²) in [5.41, 5.74) is 0. The summed E-state index contributed by atoms with van der Waals surface area (Å²) in [6.07, 6.45) is 0. The first kappa shape index (κ1) is 10.9. The SMILES string of the molecule is O=[P+]([O-])F.O=[P+]([O-])[O-]. The molecule has 1 unspecified atom stereocenters. The quantitative estimate of drug-likeness (QED) is 0.395. The van der Waals surface area contributed by atoms with Crippen LogP contribution in [-0.2, 0) is 9.13 Å². The van der Waals surface area contributed by atoms with Gasteiger partial charge >= 0.3 is 8.34 Å². The highest BCUT2D eigenvalue weighted by molar-refractivity contribution is 7.29. The summed E-state index contributed by atoms with van der Waals surface area (Å²) in [6, 6.07) is 0. The van der Waals surface area contributed by atoms with Crippen LogP contribution in [0.4, 0.5) is 4.20 Å². The molecule has 0 spiro atoms. The lowest BCUT2D eigenvalue weighted by Crippen LogP contribution is -1.97. The Hall–Kier alpha value is 0.01000. The van der Waals surface area contributed by atoms with E-state index in [9.17, 15) is 4.20 Å². The van der Waals surface area contributed by atoms with Crippen molar-refractivity contribution in [3.63, 3.8) is 0 Å². The second kappa shape index (κ2) is 7.01. The Bertz CT molecular complexity index is 68.4. The molecule has 0 aliphatic carbocycles. The molecule has 0 saturated carbocycles. The van der Waals surface area contributed by atoms with Gasteiger partial charge in [-0.1, -0.05) is 4.57 Å². The van der Waals surface area contributed by atoms with Gasteiger partial charge in [-0.15, -0.1) is 0 Å². The number of rotatable bonds is 0. The molecule has 0 aromatic heterocycles. The van der Waals surface area contributed by atoms with Crippen molar-refractivity contribution in [3.05, 3.63) is 0 Å². The highest BCUT2D eigenvalue weighted by Gasteiger charge is 1.81. The van der Waals surface area contributed by atoms with Crippen molar-refractivity contribution in [1.82, 2.24) is 0 Å². The highest BCUT2D eigenvalue weighted by Crippen LogP contribution is 2.03. The van der Waals surface area contributed by atoms with Crippen LogP contribution in [0.25, 0.3) is 0 Å². The molecular formula is FO5P2-. The molecule has 0 aromatic rings. The van der Waals surface area contributed by atoms with Gasteiger partial charge in [-0.2, -0.15) is 0 Å². The Morgan fingerprint density at radius 3 is 1.12 bits per heavy atom. The van der Waals surface area contributed by atoms with Crippen molar-refractivity contribution < 1.29 is 28.0 Å². The molecule has 0 bridgehead atoms. The minimum atomic E-state index is -3.62. The molecular weight excluding hydrogens is 161 g/mol. The Morgan fingerprint density at radius 2 is 1.12 bits per heavy atom. The fourth-order valence-electron chi connectivity index (χ4n) is 0. The predicted octanol–water partition coefficient (Wildman–Crippen LogP) is -1.66. The monoisotopic (exact) mass is 161 g/mol. The summed E-state index contributed by atoms with van der Waals surface area (Å²) in [4.78, 5) is 25.3. The maximum Gasteiger partial charge on any atom is 0.540 e. The van der Waals surface area contributed by atoms with Gasteiger partial charge < -0.3 is 14.7 Å². The van der Waals surface area contributed by atoms with Gasteiger partial charge in [0.05, 0.1) is 4.20 Å². The van der Waals surface area contributed by atoms with Gasteiger partial charge in [0.25, 0.3) is 8.25 Å². The van der Waals surface area contributed by atoms with Gasteiger partial charge in [-0.05, 0) is 4.57 Å². The zero-order chi connectivity index (χ0) is 7.15. The molecule has 0 aliphatic heterocycles. The molecule has 0 fully saturated rings. The minimum Gasteiger partial charge on any atom is -0.598 e. The zero-order valence-corrected chi connectivity index (χ0v) is 5.10. The molecule has 0 saturated heterocycles. The van der Waals surface area contributed by atoms with E-state index in [4.69, 9.17) is 23.8 Å². The van der Waals surface area contributed by atoms with E-state index < -0.39 is 16.6 Å². The third kappa shape index (κ3) is 1510000. The second-order valence-corrected chi connectivity index (χ2v) is 1.31. The average molecular weight is 161 g/mol. The topological polar surface area (TPSA) is 103 Å². The standard InChI is InChI=1S/FO2P.HO3P/c2*1-4(2)3/h;(H,1,2,3)/p-1. The Kier molecular flexibility index (Phi) is 9.55. The first-order valence-corrected chi connectivity index (χ1v) is 3.25. The van der Waals surface area contributed by atoms with E-state index in [0.29, 0.717) is 0 Å². The van der Waals surface area contributed by atoms with Crippen molar-refractivity contribution in [2.75, 3.05) is 0 Å². The first-order valence-electron chi connectivity index (χ1n) is 1.08. The molecule has 0 amide bonds. The summed E-state index contributed by atoms with van der Waals surface area (Å²) in [6.45, 7) is 0. The van der Waals surface area contributed by atoms with Crippen molar-refractivity contribution in [3.8, 4) is 0 Å². The average Bonchev–Trinajstić information content (AvgIpc) is 1.25. The van der Waals surface area contributed by atoms with E-state index >= 15 is 0 Å². The molecule has 8 heteroatoms. The smallest absolute Gasteiger partial charge is 0.540 e. The molecule has 1 atom stereocenters. The maximum absolute atomic E-state index is 9.95. The molecule has 48 valence electrons. The number of hydrogen-bond acceptors (Lipinski definition) is 5. The molecule has 0 aromatic carbocycles. The number of hydrogen-bond donors (Lipinski definition) is 0. The van der Waals surface area contributed by atoms with Gasteiger partial charge in [0.2, 0.25) is 0 Å². The lowest BCUT2D eigenvalue weighted by Gasteiger charge is -1.75. The molecule has 0 rings (SSSR count). The number of halogens is 1. The van der Waals surface area contributed by atoms with Crippen LogP contribution in [0.15, 0.2) is 0 Å². The second-order valence-electron chi connectivity index (χ2n) is 0.436. The molecule has 0 radical (unpaired) electrons. The van der Waals surface area contributed by atoms with E-state index in [2.05, 4.69) is 0 Å². The Balaban J connectivity index is 0. The summed E-state index contributed by atoms with van der Waals surface area (Å²) < 4.78 is 26.8. The summed E-state index contributed by atoms with van der Waals surface area (Å²) in [7, 11) is -6.99. The van der Waals surface area contributed by atoms with Crippen LogP contribution in [0.2, 0.25) is 0 Å². The summed E-state index contributed by atoms with van der Waals surface area (Å²) in [5.74, 6) is 0. The van der Waals surface area contributed by atoms with Crippen LogP contribution in [0.3, 0.4) is 0 Å². The van der Waals surface area contributed by atoms with E-state index in [1.54, 1.807) is 0 Å². The van der Waals surface area contributed by atoms with Crippen molar-refractivity contribution >= 4 is 16.6 Å². The van der Waals surface area contributed by atoms with Crippen molar-refractivity contribution in [2.24, 2.45) is 0 Å². The van der Waals surface area contributed by atoms with Crippen LogP contribution in [0.5, 0.6) is 0 Å². The molecule has 5 nitrogen and oxygen atoms in total. The normalized spacial score (nSPS) is 8.75. The summed E-state index contributed by atoms with van der Waals surface area (Å²) >= 11 is 0. The molecule has 0 aliphatic rings. The van der Waals surface area contributed by atoms with Crippen molar-refractivity contribution in [2.45, 2.75) is 0 Å². The molecule has 0 heterocycles. The van der Waals surface area contributed by atoms with Gasteiger partial charge in [0.15, 0.2) is 0 Å². The van der Waals surface area contributed by atoms with Crippen LogP contribution < -0.4 is 14.7 Å². The zero-order valence-electron chi connectivity index (χ0n) is 3.31. The third-order valence-electron chi connectivity index (χ3n) is 0. The van der Waals surface area contributed by atoms with Crippen LogP contribution in [0, 0.1) is 0 Å².